The van der Waals surface area contributed by atoms with E-state index in [1.165, 1.54) is 27.4 Å². The van der Waals surface area contributed by atoms with Crippen molar-refractivity contribution in [2.75, 3.05) is 6.54 Å². The summed E-state index contributed by atoms with van der Waals surface area (Å²) in [7, 11) is 0. The molecule has 0 bridgehead atoms. The predicted octanol–water partition coefficient (Wildman–Crippen LogP) is 4.63. The first-order valence-corrected chi connectivity index (χ1v) is 7.44. The zero-order chi connectivity index (χ0) is 14.1. The molecule has 0 fully saturated rings. The summed E-state index contributed by atoms with van der Waals surface area (Å²) < 4.78 is 0. The lowest BCUT2D eigenvalue weighted by Gasteiger charge is -2.22. The van der Waals surface area contributed by atoms with Crippen molar-refractivity contribution in [1.82, 2.24) is 10.3 Å². The number of aromatic nitrogens is 1. The summed E-state index contributed by atoms with van der Waals surface area (Å²) in [6.07, 6.45) is 0. The van der Waals surface area contributed by atoms with Crippen molar-refractivity contribution in [2.24, 2.45) is 5.92 Å². The number of benzene rings is 2. The second kappa shape index (κ2) is 5.29. The Morgan fingerprint density at radius 2 is 1.75 bits per heavy atom. The van der Waals surface area contributed by atoms with Crippen LogP contribution in [0.2, 0.25) is 0 Å². The van der Waals surface area contributed by atoms with Crippen molar-refractivity contribution in [3.63, 3.8) is 0 Å². The SMILES string of the molecule is CCNC(c1ccc2[nH]c3ccccc3c2c1)C(C)C. The van der Waals surface area contributed by atoms with Crippen LogP contribution in [0.1, 0.15) is 32.4 Å². The van der Waals surface area contributed by atoms with E-state index in [1.54, 1.807) is 0 Å². The summed E-state index contributed by atoms with van der Waals surface area (Å²) in [6, 6.07) is 15.7. The van der Waals surface area contributed by atoms with Crippen LogP contribution in [-0.4, -0.2) is 11.5 Å². The molecule has 0 amide bonds. The number of H-pyrrole nitrogens is 1. The van der Waals surface area contributed by atoms with E-state index >= 15 is 0 Å². The first-order chi connectivity index (χ1) is 9.70. The Kier molecular flexibility index (Phi) is 3.49. The van der Waals surface area contributed by atoms with Crippen LogP contribution in [0.3, 0.4) is 0 Å². The minimum Gasteiger partial charge on any atom is -0.355 e. The molecule has 0 spiro atoms. The number of rotatable bonds is 4. The van der Waals surface area contributed by atoms with Gasteiger partial charge in [0.1, 0.15) is 0 Å². The van der Waals surface area contributed by atoms with Crippen LogP contribution in [0.15, 0.2) is 42.5 Å². The van der Waals surface area contributed by atoms with E-state index in [9.17, 15) is 0 Å². The van der Waals surface area contributed by atoms with Gasteiger partial charge in [-0.25, -0.2) is 0 Å². The molecule has 0 radical (unpaired) electrons. The number of hydrogen-bond donors (Lipinski definition) is 2. The van der Waals surface area contributed by atoms with Crippen molar-refractivity contribution >= 4 is 21.8 Å². The maximum Gasteiger partial charge on any atom is 0.0465 e. The fourth-order valence-corrected chi connectivity index (χ4v) is 3.02. The summed E-state index contributed by atoms with van der Waals surface area (Å²) in [5.41, 5.74) is 3.80. The highest BCUT2D eigenvalue weighted by Gasteiger charge is 2.15. The van der Waals surface area contributed by atoms with Gasteiger partial charge < -0.3 is 10.3 Å². The van der Waals surface area contributed by atoms with Crippen LogP contribution in [0, 0.1) is 5.92 Å². The summed E-state index contributed by atoms with van der Waals surface area (Å²) in [4.78, 5) is 3.48. The predicted molar refractivity (Wildman–Crippen MR) is 87.1 cm³/mol. The molecule has 2 aromatic carbocycles. The lowest BCUT2D eigenvalue weighted by molar-refractivity contribution is 0.422. The molecule has 0 aliphatic carbocycles. The molecule has 1 atom stereocenters. The Balaban J connectivity index is 2.15. The van der Waals surface area contributed by atoms with Crippen LogP contribution in [0.5, 0.6) is 0 Å². The standard InChI is InChI=1S/C18H22N2/c1-4-19-18(12(2)3)13-9-10-17-15(11-13)14-7-5-6-8-16(14)20-17/h5-12,18-20H,4H2,1-3H3. The van der Waals surface area contributed by atoms with Gasteiger partial charge in [-0.2, -0.15) is 0 Å². The minimum absolute atomic E-state index is 0.415. The molecule has 1 unspecified atom stereocenters. The first-order valence-electron chi connectivity index (χ1n) is 7.44. The highest BCUT2D eigenvalue weighted by molar-refractivity contribution is 6.07. The van der Waals surface area contributed by atoms with Crippen molar-refractivity contribution in [3.8, 4) is 0 Å². The zero-order valence-electron chi connectivity index (χ0n) is 12.4. The normalized spacial score (nSPS) is 13.4. The number of aromatic amines is 1. The Morgan fingerprint density at radius 1 is 1.00 bits per heavy atom. The van der Waals surface area contributed by atoms with E-state index in [-0.39, 0.29) is 0 Å². The molecule has 3 rings (SSSR count). The average molecular weight is 266 g/mol. The topological polar surface area (TPSA) is 27.8 Å². The smallest absolute Gasteiger partial charge is 0.0465 e. The fraction of sp³-hybridized carbons (Fsp3) is 0.333. The Labute approximate surface area is 120 Å². The lowest BCUT2D eigenvalue weighted by Crippen LogP contribution is -2.25. The summed E-state index contributed by atoms with van der Waals surface area (Å²) in [5, 5.41) is 6.22. The van der Waals surface area contributed by atoms with Gasteiger partial charge in [-0.05, 0) is 36.2 Å². The number of nitrogens with one attached hydrogen (secondary N) is 2. The molecule has 104 valence electrons. The van der Waals surface area contributed by atoms with Gasteiger partial charge in [-0.3, -0.25) is 0 Å². The third-order valence-electron chi connectivity index (χ3n) is 3.98. The molecule has 3 aromatic rings. The summed E-state index contributed by atoms with van der Waals surface area (Å²) in [5.74, 6) is 0.581. The molecule has 0 saturated heterocycles. The van der Waals surface area contributed by atoms with E-state index in [4.69, 9.17) is 0 Å². The fourth-order valence-electron chi connectivity index (χ4n) is 3.02. The second-order valence-corrected chi connectivity index (χ2v) is 5.75. The van der Waals surface area contributed by atoms with Gasteiger partial charge in [0.2, 0.25) is 0 Å². The molecule has 2 nitrogen and oxygen atoms in total. The Morgan fingerprint density at radius 3 is 2.50 bits per heavy atom. The number of fused-ring (bicyclic) bond motifs is 3. The maximum absolute atomic E-state index is 3.59. The molecule has 20 heavy (non-hydrogen) atoms. The van der Waals surface area contributed by atoms with Crippen molar-refractivity contribution < 1.29 is 0 Å². The van der Waals surface area contributed by atoms with Gasteiger partial charge in [0.25, 0.3) is 0 Å². The first kappa shape index (κ1) is 13.2. The molecule has 0 aliphatic heterocycles. The van der Waals surface area contributed by atoms with Crippen LogP contribution in [-0.2, 0) is 0 Å². The van der Waals surface area contributed by atoms with Gasteiger partial charge in [0.05, 0.1) is 0 Å². The average Bonchev–Trinajstić information content (AvgIpc) is 2.82. The Bertz CT molecular complexity index is 724. The summed E-state index contributed by atoms with van der Waals surface area (Å²) >= 11 is 0. The second-order valence-electron chi connectivity index (χ2n) is 5.75. The third-order valence-corrected chi connectivity index (χ3v) is 3.98. The molecule has 0 saturated carbocycles. The number of hydrogen-bond acceptors (Lipinski definition) is 1. The maximum atomic E-state index is 3.59. The van der Waals surface area contributed by atoms with Crippen molar-refractivity contribution in [3.05, 3.63) is 48.0 Å². The zero-order valence-corrected chi connectivity index (χ0v) is 12.4. The van der Waals surface area contributed by atoms with E-state index in [2.05, 4.69) is 73.5 Å². The van der Waals surface area contributed by atoms with Crippen LogP contribution in [0.25, 0.3) is 21.8 Å². The lowest BCUT2D eigenvalue weighted by atomic mass is 9.94. The van der Waals surface area contributed by atoms with Crippen LogP contribution >= 0.6 is 0 Å². The third kappa shape index (κ3) is 2.20. The van der Waals surface area contributed by atoms with Crippen LogP contribution in [0.4, 0.5) is 0 Å². The van der Waals surface area contributed by atoms with E-state index in [1.807, 2.05) is 0 Å². The molecule has 2 N–H and O–H groups in total. The molecule has 1 aromatic heterocycles. The van der Waals surface area contributed by atoms with Gasteiger partial charge in [0, 0.05) is 27.8 Å². The van der Waals surface area contributed by atoms with Gasteiger partial charge >= 0.3 is 0 Å². The van der Waals surface area contributed by atoms with Crippen molar-refractivity contribution in [1.29, 1.82) is 0 Å². The molecule has 0 aliphatic rings. The quantitative estimate of drug-likeness (QED) is 0.708. The van der Waals surface area contributed by atoms with Crippen LogP contribution < -0.4 is 5.32 Å². The molecular weight excluding hydrogens is 244 g/mol. The highest BCUT2D eigenvalue weighted by atomic mass is 14.9. The monoisotopic (exact) mass is 266 g/mol. The molecule has 1 heterocycles. The minimum atomic E-state index is 0.415. The van der Waals surface area contributed by atoms with Crippen molar-refractivity contribution in [2.45, 2.75) is 26.8 Å². The van der Waals surface area contributed by atoms with Gasteiger partial charge in [0.15, 0.2) is 0 Å². The highest BCUT2D eigenvalue weighted by Crippen LogP contribution is 2.30. The van der Waals surface area contributed by atoms with Gasteiger partial charge in [-0.15, -0.1) is 0 Å². The molecular formula is C18H22N2. The van der Waals surface area contributed by atoms with E-state index in [0.29, 0.717) is 12.0 Å². The number of para-hydroxylation sites is 1. The largest absolute Gasteiger partial charge is 0.355 e. The molecule has 2 heteroatoms. The van der Waals surface area contributed by atoms with E-state index in [0.717, 1.165) is 6.54 Å². The Hall–Kier alpha value is -1.80. The van der Waals surface area contributed by atoms with Gasteiger partial charge in [-0.1, -0.05) is 45.0 Å². The summed E-state index contributed by atoms with van der Waals surface area (Å²) in [6.45, 7) is 7.70. The van der Waals surface area contributed by atoms with E-state index < -0.39 is 0 Å².